The molecule has 4 rings (SSSR count). The van der Waals surface area contributed by atoms with Gasteiger partial charge < -0.3 is 4.18 Å². The molecule has 0 heterocycles. The number of nitro groups is 1. The number of hydrogen-bond acceptors (Lipinski definition) is 4. The molecular formula is C23H17NO3S. The van der Waals surface area contributed by atoms with Crippen LogP contribution in [-0.4, -0.2) is 4.92 Å². The highest BCUT2D eigenvalue weighted by Gasteiger charge is 2.20. The monoisotopic (exact) mass is 387 g/mol. The summed E-state index contributed by atoms with van der Waals surface area (Å²) in [5, 5.41) is 13.8. The molecule has 138 valence electrons. The van der Waals surface area contributed by atoms with Crippen LogP contribution in [0.15, 0.2) is 95.9 Å². The van der Waals surface area contributed by atoms with Gasteiger partial charge in [0, 0.05) is 22.9 Å². The number of hydrogen-bond donors (Lipinski definition) is 0. The first-order chi connectivity index (χ1) is 13.7. The second-order valence-corrected chi connectivity index (χ2v) is 7.17. The SMILES string of the molecule is O=[N+]([O-])c1cccc(Cc2ccccc2)c1OSc1ccc2ccccc2c1. The largest absolute Gasteiger partial charge is 0.413 e. The van der Waals surface area contributed by atoms with Gasteiger partial charge in [0.25, 0.3) is 0 Å². The third kappa shape index (κ3) is 4.00. The lowest BCUT2D eigenvalue weighted by atomic mass is 10.0. The zero-order valence-electron chi connectivity index (χ0n) is 14.9. The predicted octanol–water partition coefficient (Wildman–Crippen LogP) is 6.42. The standard InChI is InChI=1S/C23H17NO3S/c25-24(26)22-12-6-11-20(15-17-7-2-1-3-8-17)23(22)27-28-21-14-13-18-9-4-5-10-19(18)16-21/h1-14,16H,15H2. The number of nitro benzene ring substituents is 1. The Bertz CT molecular complexity index is 1130. The Kier molecular flexibility index (Phi) is 5.26. The van der Waals surface area contributed by atoms with Crippen LogP contribution in [-0.2, 0) is 6.42 Å². The van der Waals surface area contributed by atoms with Gasteiger partial charge in [-0.15, -0.1) is 0 Å². The molecule has 0 aliphatic carbocycles. The van der Waals surface area contributed by atoms with E-state index >= 15 is 0 Å². The molecular weight excluding hydrogens is 370 g/mol. The van der Waals surface area contributed by atoms with E-state index in [9.17, 15) is 10.1 Å². The highest BCUT2D eigenvalue weighted by atomic mass is 32.2. The molecule has 0 amide bonds. The van der Waals surface area contributed by atoms with Crippen LogP contribution in [0.3, 0.4) is 0 Å². The van der Waals surface area contributed by atoms with Crippen molar-refractivity contribution in [2.24, 2.45) is 0 Å². The molecule has 4 nitrogen and oxygen atoms in total. The van der Waals surface area contributed by atoms with Gasteiger partial charge in [-0.05, 0) is 28.5 Å². The fraction of sp³-hybridized carbons (Fsp3) is 0.0435. The van der Waals surface area contributed by atoms with Gasteiger partial charge in [-0.1, -0.05) is 72.8 Å². The van der Waals surface area contributed by atoms with Crippen molar-refractivity contribution in [2.75, 3.05) is 0 Å². The van der Waals surface area contributed by atoms with Crippen molar-refractivity contribution in [1.82, 2.24) is 0 Å². The Morgan fingerprint density at radius 1 is 0.821 bits per heavy atom. The van der Waals surface area contributed by atoms with Gasteiger partial charge in [0.2, 0.25) is 5.75 Å². The van der Waals surface area contributed by atoms with E-state index in [0.29, 0.717) is 12.2 Å². The highest BCUT2D eigenvalue weighted by molar-refractivity contribution is 7.95. The average molecular weight is 387 g/mol. The summed E-state index contributed by atoms with van der Waals surface area (Å²) >= 11 is 1.14. The molecule has 0 spiro atoms. The van der Waals surface area contributed by atoms with Crippen molar-refractivity contribution in [3.8, 4) is 5.75 Å². The molecule has 4 aromatic carbocycles. The average Bonchev–Trinajstić information content (AvgIpc) is 2.73. The van der Waals surface area contributed by atoms with E-state index in [1.54, 1.807) is 6.07 Å². The van der Waals surface area contributed by atoms with E-state index < -0.39 is 4.92 Å². The van der Waals surface area contributed by atoms with Gasteiger partial charge in [0.15, 0.2) is 0 Å². The molecule has 0 atom stereocenters. The summed E-state index contributed by atoms with van der Waals surface area (Å²) in [6.45, 7) is 0. The lowest BCUT2D eigenvalue weighted by molar-refractivity contribution is -0.385. The second kappa shape index (κ2) is 8.15. The Balaban J connectivity index is 1.63. The molecule has 0 aliphatic heterocycles. The van der Waals surface area contributed by atoms with E-state index in [0.717, 1.165) is 38.8 Å². The Morgan fingerprint density at radius 2 is 1.57 bits per heavy atom. The zero-order chi connectivity index (χ0) is 19.3. The third-order valence-corrected chi connectivity index (χ3v) is 5.15. The quantitative estimate of drug-likeness (QED) is 0.217. The van der Waals surface area contributed by atoms with Gasteiger partial charge in [-0.3, -0.25) is 10.1 Å². The molecule has 0 aliphatic rings. The normalized spacial score (nSPS) is 10.7. The van der Waals surface area contributed by atoms with Crippen molar-refractivity contribution < 1.29 is 9.11 Å². The Morgan fingerprint density at radius 3 is 2.36 bits per heavy atom. The van der Waals surface area contributed by atoms with Crippen LogP contribution < -0.4 is 4.18 Å². The van der Waals surface area contributed by atoms with Crippen LogP contribution >= 0.6 is 12.0 Å². The number of rotatable bonds is 6. The molecule has 0 aromatic heterocycles. The smallest absolute Gasteiger partial charge is 0.312 e. The van der Waals surface area contributed by atoms with Gasteiger partial charge in [0.1, 0.15) is 0 Å². The molecule has 0 bridgehead atoms. The summed E-state index contributed by atoms with van der Waals surface area (Å²) in [6.07, 6.45) is 0.566. The first-order valence-electron chi connectivity index (χ1n) is 8.84. The maximum Gasteiger partial charge on any atom is 0.312 e. The number of benzene rings is 4. The van der Waals surface area contributed by atoms with E-state index in [1.165, 1.54) is 6.07 Å². The number of nitrogens with zero attached hydrogens (tertiary/aromatic N) is 1. The van der Waals surface area contributed by atoms with Crippen LogP contribution in [0, 0.1) is 10.1 Å². The fourth-order valence-electron chi connectivity index (χ4n) is 3.08. The van der Waals surface area contributed by atoms with Gasteiger partial charge >= 0.3 is 5.69 Å². The van der Waals surface area contributed by atoms with Gasteiger partial charge in [-0.2, -0.15) is 0 Å². The van der Waals surface area contributed by atoms with E-state index in [1.807, 2.05) is 78.9 Å². The number of para-hydroxylation sites is 1. The highest BCUT2D eigenvalue weighted by Crippen LogP contribution is 2.37. The molecule has 28 heavy (non-hydrogen) atoms. The van der Waals surface area contributed by atoms with Gasteiger partial charge in [0.05, 0.1) is 17.0 Å². The summed E-state index contributed by atoms with van der Waals surface area (Å²) in [6, 6.07) is 29.0. The molecule has 0 saturated heterocycles. The van der Waals surface area contributed by atoms with Crippen LogP contribution in [0.5, 0.6) is 5.75 Å². The molecule has 5 heteroatoms. The maximum absolute atomic E-state index is 11.5. The first-order valence-corrected chi connectivity index (χ1v) is 9.58. The lowest BCUT2D eigenvalue weighted by Crippen LogP contribution is -1.98. The number of fused-ring (bicyclic) bond motifs is 1. The van der Waals surface area contributed by atoms with E-state index in [4.69, 9.17) is 4.18 Å². The molecule has 0 unspecified atom stereocenters. The summed E-state index contributed by atoms with van der Waals surface area (Å²) in [5.41, 5.74) is 1.83. The van der Waals surface area contributed by atoms with E-state index in [-0.39, 0.29) is 5.69 Å². The van der Waals surface area contributed by atoms with Crippen molar-refractivity contribution >= 4 is 28.5 Å². The minimum Gasteiger partial charge on any atom is -0.413 e. The molecule has 0 radical (unpaired) electrons. The third-order valence-electron chi connectivity index (χ3n) is 4.45. The summed E-state index contributed by atoms with van der Waals surface area (Å²) in [5.74, 6) is 0.300. The summed E-state index contributed by atoms with van der Waals surface area (Å²) in [4.78, 5) is 12.0. The van der Waals surface area contributed by atoms with Crippen LogP contribution in [0.25, 0.3) is 10.8 Å². The molecule has 0 N–H and O–H groups in total. The second-order valence-electron chi connectivity index (χ2n) is 6.36. The van der Waals surface area contributed by atoms with Gasteiger partial charge in [-0.25, -0.2) is 0 Å². The predicted molar refractivity (Wildman–Crippen MR) is 113 cm³/mol. The van der Waals surface area contributed by atoms with Crippen molar-refractivity contribution in [3.63, 3.8) is 0 Å². The van der Waals surface area contributed by atoms with Crippen LogP contribution in [0.4, 0.5) is 5.69 Å². The van der Waals surface area contributed by atoms with Crippen LogP contribution in [0.1, 0.15) is 11.1 Å². The summed E-state index contributed by atoms with van der Waals surface area (Å²) in [7, 11) is 0. The fourth-order valence-corrected chi connectivity index (χ4v) is 3.75. The Hall–Kier alpha value is -3.31. The maximum atomic E-state index is 11.5. The zero-order valence-corrected chi connectivity index (χ0v) is 15.8. The molecule has 0 saturated carbocycles. The lowest BCUT2D eigenvalue weighted by Gasteiger charge is -2.11. The van der Waals surface area contributed by atoms with Crippen molar-refractivity contribution in [3.05, 3.63) is 112 Å². The molecule has 0 fully saturated rings. The molecule has 4 aromatic rings. The van der Waals surface area contributed by atoms with E-state index in [2.05, 4.69) is 0 Å². The topological polar surface area (TPSA) is 52.4 Å². The van der Waals surface area contributed by atoms with Crippen molar-refractivity contribution in [1.29, 1.82) is 0 Å². The van der Waals surface area contributed by atoms with Crippen molar-refractivity contribution in [2.45, 2.75) is 11.3 Å². The minimum absolute atomic E-state index is 0.0262. The summed E-state index contributed by atoms with van der Waals surface area (Å²) < 4.78 is 5.91. The minimum atomic E-state index is -0.398. The first kappa shape index (κ1) is 18.1. The Labute approximate surface area is 167 Å². The van der Waals surface area contributed by atoms with Crippen LogP contribution in [0.2, 0.25) is 0 Å².